The Bertz CT molecular complexity index is 668. The standard InChI is InChI=1S/C16H19N3O3/c1-10-7-15(19-22-10)18-16(20)8-17-11(2)13-9-21-14-6-4-3-5-12(13)14/h3-7,11,13,17H,8-9H2,1-2H3,(H,18,19,20)/t11-,13-/m1/s1. The number of para-hydroxylation sites is 1. The Balaban J connectivity index is 1.52. The van der Waals surface area contributed by atoms with Crippen LogP contribution in [-0.4, -0.2) is 30.3 Å². The zero-order chi connectivity index (χ0) is 15.5. The predicted molar refractivity (Wildman–Crippen MR) is 82.0 cm³/mol. The molecule has 2 heterocycles. The van der Waals surface area contributed by atoms with Crippen molar-refractivity contribution in [3.8, 4) is 5.75 Å². The molecule has 2 aromatic rings. The summed E-state index contributed by atoms with van der Waals surface area (Å²) in [4.78, 5) is 11.9. The lowest BCUT2D eigenvalue weighted by molar-refractivity contribution is -0.115. The fourth-order valence-corrected chi connectivity index (χ4v) is 2.61. The molecule has 22 heavy (non-hydrogen) atoms. The van der Waals surface area contributed by atoms with Crippen molar-refractivity contribution in [3.05, 3.63) is 41.7 Å². The SMILES string of the molecule is Cc1cc(NC(=O)CN[C@H](C)[C@H]2COc3ccccc32)no1. The molecule has 116 valence electrons. The topological polar surface area (TPSA) is 76.4 Å². The first-order chi connectivity index (χ1) is 10.6. The van der Waals surface area contributed by atoms with Crippen LogP contribution in [-0.2, 0) is 4.79 Å². The van der Waals surface area contributed by atoms with Crippen molar-refractivity contribution < 1.29 is 14.1 Å². The van der Waals surface area contributed by atoms with E-state index in [4.69, 9.17) is 9.26 Å². The van der Waals surface area contributed by atoms with E-state index in [1.54, 1.807) is 13.0 Å². The number of hydrogen-bond acceptors (Lipinski definition) is 5. The monoisotopic (exact) mass is 301 g/mol. The van der Waals surface area contributed by atoms with Crippen LogP contribution in [0.15, 0.2) is 34.9 Å². The predicted octanol–water partition coefficient (Wildman–Crippen LogP) is 2.08. The van der Waals surface area contributed by atoms with Gasteiger partial charge in [-0.15, -0.1) is 0 Å². The van der Waals surface area contributed by atoms with Crippen molar-refractivity contribution in [2.75, 3.05) is 18.5 Å². The molecule has 1 aromatic carbocycles. The lowest BCUT2D eigenvalue weighted by Crippen LogP contribution is -2.38. The molecule has 1 aliphatic heterocycles. The number of benzene rings is 1. The van der Waals surface area contributed by atoms with Crippen LogP contribution in [0.25, 0.3) is 0 Å². The highest BCUT2D eigenvalue weighted by molar-refractivity contribution is 5.91. The molecule has 0 bridgehead atoms. The van der Waals surface area contributed by atoms with E-state index >= 15 is 0 Å². The first-order valence-electron chi connectivity index (χ1n) is 7.32. The van der Waals surface area contributed by atoms with E-state index in [9.17, 15) is 4.79 Å². The largest absolute Gasteiger partial charge is 0.493 e. The summed E-state index contributed by atoms with van der Waals surface area (Å²) in [6.45, 7) is 4.69. The van der Waals surface area contributed by atoms with Crippen molar-refractivity contribution >= 4 is 11.7 Å². The van der Waals surface area contributed by atoms with Crippen LogP contribution in [0.4, 0.5) is 5.82 Å². The molecule has 6 heteroatoms. The van der Waals surface area contributed by atoms with E-state index in [0.717, 1.165) is 5.75 Å². The Morgan fingerprint density at radius 2 is 2.27 bits per heavy atom. The van der Waals surface area contributed by atoms with Crippen LogP contribution in [0.1, 0.15) is 24.2 Å². The Morgan fingerprint density at radius 3 is 3.05 bits per heavy atom. The highest BCUT2D eigenvalue weighted by Gasteiger charge is 2.28. The van der Waals surface area contributed by atoms with Crippen molar-refractivity contribution in [3.63, 3.8) is 0 Å². The summed E-state index contributed by atoms with van der Waals surface area (Å²) in [5.41, 5.74) is 1.19. The van der Waals surface area contributed by atoms with Gasteiger partial charge in [-0.3, -0.25) is 4.79 Å². The fourth-order valence-electron chi connectivity index (χ4n) is 2.61. The van der Waals surface area contributed by atoms with E-state index in [1.165, 1.54) is 5.56 Å². The third-order valence-corrected chi connectivity index (χ3v) is 3.82. The van der Waals surface area contributed by atoms with Crippen molar-refractivity contribution in [1.29, 1.82) is 0 Å². The molecule has 0 saturated heterocycles. The molecule has 2 N–H and O–H groups in total. The molecule has 1 aromatic heterocycles. The molecule has 0 saturated carbocycles. The zero-order valence-corrected chi connectivity index (χ0v) is 12.6. The number of fused-ring (bicyclic) bond motifs is 1. The highest BCUT2D eigenvalue weighted by atomic mass is 16.5. The quantitative estimate of drug-likeness (QED) is 0.884. The van der Waals surface area contributed by atoms with Gasteiger partial charge in [-0.25, -0.2) is 0 Å². The maximum Gasteiger partial charge on any atom is 0.239 e. The molecule has 0 unspecified atom stereocenters. The summed E-state index contributed by atoms with van der Waals surface area (Å²) in [7, 11) is 0. The Kier molecular flexibility index (Phi) is 4.11. The number of aryl methyl sites for hydroxylation is 1. The van der Waals surface area contributed by atoms with Gasteiger partial charge in [0.25, 0.3) is 0 Å². The van der Waals surface area contributed by atoms with Gasteiger partial charge in [0.15, 0.2) is 5.82 Å². The molecule has 0 fully saturated rings. The summed E-state index contributed by atoms with van der Waals surface area (Å²) in [5, 5.41) is 9.67. The van der Waals surface area contributed by atoms with Gasteiger partial charge in [-0.1, -0.05) is 23.4 Å². The van der Waals surface area contributed by atoms with Crippen LogP contribution in [0.3, 0.4) is 0 Å². The van der Waals surface area contributed by atoms with E-state index in [1.807, 2.05) is 18.2 Å². The Hall–Kier alpha value is -2.34. The molecule has 3 rings (SSSR count). The second-order valence-electron chi connectivity index (χ2n) is 5.50. The molecule has 1 aliphatic rings. The molecule has 6 nitrogen and oxygen atoms in total. The number of nitrogens with one attached hydrogen (secondary N) is 2. The molecule has 0 spiro atoms. The van der Waals surface area contributed by atoms with Crippen molar-refractivity contribution in [1.82, 2.24) is 10.5 Å². The zero-order valence-electron chi connectivity index (χ0n) is 12.6. The number of hydrogen-bond donors (Lipinski definition) is 2. The fraction of sp³-hybridized carbons (Fsp3) is 0.375. The minimum atomic E-state index is -0.146. The lowest BCUT2D eigenvalue weighted by atomic mass is 9.94. The number of aromatic nitrogens is 1. The summed E-state index contributed by atoms with van der Waals surface area (Å²) in [6.07, 6.45) is 0. The highest BCUT2D eigenvalue weighted by Crippen LogP contribution is 2.35. The van der Waals surface area contributed by atoms with Crippen LogP contribution < -0.4 is 15.4 Å². The van der Waals surface area contributed by atoms with Gasteiger partial charge < -0.3 is 19.9 Å². The maximum absolute atomic E-state index is 11.9. The number of nitrogens with zero attached hydrogens (tertiary/aromatic N) is 1. The molecular weight excluding hydrogens is 282 g/mol. The Morgan fingerprint density at radius 1 is 1.45 bits per heavy atom. The average molecular weight is 301 g/mol. The van der Waals surface area contributed by atoms with Crippen molar-refractivity contribution in [2.24, 2.45) is 0 Å². The van der Waals surface area contributed by atoms with Crippen LogP contribution in [0, 0.1) is 6.92 Å². The Labute approximate surface area is 128 Å². The molecule has 0 aliphatic carbocycles. The van der Waals surface area contributed by atoms with Crippen LogP contribution in [0.2, 0.25) is 0 Å². The summed E-state index contributed by atoms with van der Waals surface area (Å²) >= 11 is 0. The van der Waals surface area contributed by atoms with Gasteiger partial charge in [-0.2, -0.15) is 0 Å². The van der Waals surface area contributed by atoms with E-state index in [0.29, 0.717) is 18.2 Å². The van der Waals surface area contributed by atoms with Gasteiger partial charge in [0.2, 0.25) is 5.91 Å². The minimum absolute atomic E-state index is 0.133. The number of carbonyl (C=O) groups excluding carboxylic acids is 1. The average Bonchev–Trinajstić information content (AvgIpc) is 3.11. The third-order valence-electron chi connectivity index (χ3n) is 3.82. The lowest BCUT2D eigenvalue weighted by Gasteiger charge is -2.19. The summed E-state index contributed by atoms with van der Waals surface area (Å²) in [5.74, 6) is 2.14. The van der Waals surface area contributed by atoms with Gasteiger partial charge >= 0.3 is 0 Å². The second-order valence-corrected chi connectivity index (χ2v) is 5.50. The van der Waals surface area contributed by atoms with Gasteiger partial charge in [0.05, 0.1) is 13.2 Å². The van der Waals surface area contributed by atoms with E-state index in [-0.39, 0.29) is 24.4 Å². The molecule has 1 amide bonds. The number of ether oxygens (including phenoxy) is 1. The number of rotatable bonds is 5. The first kappa shape index (κ1) is 14.6. The van der Waals surface area contributed by atoms with Crippen LogP contribution >= 0.6 is 0 Å². The minimum Gasteiger partial charge on any atom is -0.493 e. The number of carbonyl (C=O) groups is 1. The van der Waals surface area contributed by atoms with Crippen LogP contribution in [0.5, 0.6) is 5.75 Å². The molecule has 0 radical (unpaired) electrons. The van der Waals surface area contributed by atoms with Gasteiger partial charge in [0, 0.05) is 23.6 Å². The number of anilines is 1. The summed E-state index contributed by atoms with van der Waals surface area (Å²) < 4.78 is 10.6. The molecule has 2 atom stereocenters. The maximum atomic E-state index is 11.9. The first-order valence-corrected chi connectivity index (χ1v) is 7.32. The van der Waals surface area contributed by atoms with Gasteiger partial charge in [-0.05, 0) is 19.9 Å². The number of amides is 1. The van der Waals surface area contributed by atoms with E-state index < -0.39 is 0 Å². The third kappa shape index (κ3) is 3.12. The second kappa shape index (κ2) is 6.19. The normalized spacial score (nSPS) is 17.6. The van der Waals surface area contributed by atoms with E-state index in [2.05, 4.69) is 28.8 Å². The molecular formula is C16H19N3O3. The smallest absolute Gasteiger partial charge is 0.239 e. The summed E-state index contributed by atoms with van der Waals surface area (Å²) in [6, 6.07) is 9.83. The van der Waals surface area contributed by atoms with Crippen molar-refractivity contribution in [2.45, 2.75) is 25.8 Å². The van der Waals surface area contributed by atoms with Gasteiger partial charge in [0.1, 0.15) is 11.5 Å².